The largest absolute Gasteiger partial charge is 0.349 e. The molecule has 0 aromatic heterocycles. The number of carbonyl (C=O) groups is 1. The smallest absolute Gasteiger partial charge is 0.322 e. The lowest BCUT2D eigenvalue weighted by atomic mass is 10.4. The number of amides is 2. The van der Waals surface area contributed by atoms with Gasteiger partial charge in [0.05, 0.1) is 0 Å². The zero-order chi connectivity index (χ0) is 9.90. The Morgan fingerprint density at radius 1 is 1.54 bits per heavy atom. The molecule has 0 aliphatic carbocycles. The first-order valence-electron chi connectivity index (χ1n) is 3.82. The third-order valence-electron chi connectivity index (χ3n) is 1.65. The Labute approximate surface area is 81.3 Å². The van der Waals surface area contributed by atoms with Crippen molar-refractivity contribution in [3.8, 4) is 0 Å². The number of hydrogen-bond donors (Lipinski definition) is 4. The summed E-state index contributed by atoms with van der Waals surface area (Å²) in [7, 11) is 0. The van der Waals surface area contributed by atoms with Gasteiger partial charge in [0.25, 0.3) is 0 Å². The molecule has 0 radical (unpaired) electrons. The predicted octanol–water partition coefficient (Wildman–Crippen LogP) is -0.369. The summed E-state index contributed by atoms with van der Waals surface area (Å²) in [5.41, 5.74) is 0. The molecular formula is C5H12N3O3PS. The van der Waals surface area contributed by atoms with Crippen LogP contribution in [0.2, 0.25) is 0 Å². The minimum absolute atomic E-state index is 0.540. The van der Waals surface area contributed by atoms with E-state index in [1.807, 2.05) is 5.09 Å². The summed E-state index contributed by atoms with van der Waals surface area (Å²) in [5.74, 6) is 0. The first-order valence-corrected chi connectivity index (χ1v) is 6.64. The highest BCUT2D eigenvalue weighted by Gasteiger charge is 2.21. The van der Waals surface area contributed by atoms with Gasteiger partial charge in [-0.3, -0.25) is 9.65 Å². The molecule has 1 fully saturated rings. The van der Waals surface area contributed by atoms with Crippen molar-refractivity contribution < 1.29 is 14.3 Å². The predicted molar refractivity (Wildman–Crippen MR) is 51.8 cm³/mol. The molecule has 2 amide bonds. The summed E-state index contributed by atoms with van der Waals surface area (Å²) < 4.78 is 10.7. The van der Waals surface area contributed by atoms with Gasteiger partial charge in [-0.25, -0.2) is 4.79 Å². The Hall–Kier alpha value is -0.230. The number of urea groups is 1. The number of hydrogen-bond acceptors (Lipinski definition) is 3. The van der Waals surface area contributed by atoms with Crippen molar-refractivity contribution in [3.63, 3.8) is 0 Å². The van der Waals surface area contributed by atoms with Gasteiger partial charge in [0.1, 0.15) is 0 Å². The molecule has 0 aromatic rings. The van der Waals surface area contributed by atoms with E-state index in [1.54, 1.807) is 0 Å². The van der Waals surface area contributed by atoms with E-state index in [0.717, 1.165) is 0 Å². The minimum atomic E-state index is -3.76. The van der Waals surface area contributed by atoms with Gasteiger partial charge >= 0.3 is 12.8 Å². The molecule has 1 atom stereocenters. The van der Waals surface area contributed by atoms with Crippen LogP contribution in [0, 0.1) is 0 Å². The second-order valence-electron chi connectivity index (χ2n) is 2.70. The maximum absolute atomic E-state index is 11.2. The van der Waals surface area contributed by atoms with Gasteiger partial charge in [-0.05, 0) is 0 Å². The van der Waals surface area contributed by atoms with Crippen LogP contribution in [0.3, 0.4) is 0 Å². The highest BCUT2D eigenvalue weighted by Crippen LogP contribution is 2.40. The fourth-order valence-corrected chi connectivity index (χ4v) is 1.71. The van der Waals surface area contributed by atoms with Crippen LogP contribution in [0.5, 0.6) is 0 Å². The Bertz CT molecular complexity index is 237. The van der Waals surface area contributed by atoms with Gasteiger partial charge in [-0.1, -0.05) is 12.2 Å². The topological polar surface area (TPSA) is 81.7 Å². The SMILES string of the molecule is O=C(NP(=O)(O)S)N1CCNCC1. The van der Waals surface area contributed by atoms with Crippen LogP contribution < -0.4 is 10.4 Å². The average Bonchev–Trinajstić information content (AvgIpc) is 2.03. The van der Waals surface area contributed by atoms with E-state index in [1.165, 1.54) is 4.90 Å². The summed E-state index contributed by atoms with van der Waals surface area (Å²) in [6.45, 7) is -1.26. The zero-order valence-corrected chi connectivity index (χ0v) is 8.72. The highest BCUT2D eigenvalue weighted by molar-refractivity contribution is 8.45. The molecule has 1 rings (SSSR count). The quantitative estimate of drug-likeness (QED) is 0.362. The Kier molecular flexibility index (Phi) is 3.61. The monoisotopic (exact) mass is 225 g/mol. The molecule has 6 nitrogen and oxygen atoms in total. The van der Waals surface area contributed by atoms with Gasteiger partial charge in [0.2, 0.25) is 0 Å². The van der Waals surface area contributed by atoms with Crippen LogP contribution in [0.4, 0.5) is 4.79 Å². The van der Waals surface area contributed by atoms with E-state index in [4.69, 9.17) is 4.89 Å². The lowest BCUT2D eigenvalue weighted by molar-refractivity contribution is 0.195. The van der Waals surface area contributed by atoms with Crippen molar-refractivity contribution in [2.24, 2.45) is 0 Å². The second kappa shape index (κ2) is 4.32. The lowest BCUT2D eigenvalue weighted by Gasteiger charge is -2.27. The number of piperazine rings is 1. The van der Waals surface area contributed by atoms with Crippen LogP contribution in [0.1, 0.15) is 0 Å². The van der Waals surface area contributed by atoms with E-state index in [9.17, 15) is 9.36 Å². The van der Waals surface area contributed by atoms with E-state index < -0.39 is 12.8 Å². The van der Waals surface area contributed by atoms with Gasteiger partial charge in [-0.2, -0.15) is 0 Å². The normalized spacial score (nSPS) is 22.2. The van der Waals surface area contributed by atoms with Crippen molar-refractivity contribution in [3.05, 3.63) is 0 Å². The van der Waals surface area contributed by atoms with Crippen LogP contribution in [0.25, 0.3) is 0 Å². The molecule has 8 heteroatoms. The number of nitrogens with zero attached hydrogens (tertiary/aromatic N) is 1. The fourth-order valence-electron chi connectivity index (χ4n) is 1.06. The molecule has 1 heterocycles. The number of nitrogens with one attached hydrogen (secondary N) is 2. The molecule has 76 valence electrons. The standard InChI is InChI=1S/C5H12N3O3PS/c9-5(7-12(10,11)13)8-3-1-6-2-4-8/h6H,1-4H2,(H3,7,9,10,11,13). The molecule has 0 aromatic carbocycles. The minimum Gasteiger partial charge on any atom is -0.322 e. The van der Waals surface area contributed by atoms with Crippen molar-refractivity contribution in [1.82, 2.24) is 15.3 Å². The third kappa shape index (κ3) is 3.99. The van der Waals surface area contributed by atoms with Crippen molar-refractivity contribution in [2.75, 3.05) is 26.2 Å². The van der Waals surface area contributed by atoms with E-state index in [0.29, 0.717) is 26.2 Å². The number of carbonyl (C=O) groups excluding carboxylic acids is 1. The highest BCUT2D eigenvalue weighted by atomic mass is 32.7. The lowest BCUT2D eigenvalue weighted by Crippen LogP contribution is -2.49. The average molecular weight is 225 g/mol. The van der Waals surface area contributed by atoms with Gasteiger partial charge in [0, 0.05) is 26.2 Å². The summed E-state index contributed by atoms with van der Waals surface area (Å²) in [5, 5.41) is 4.98. The molecule has 1 unspecified atom stereocenters. The summed E-state index contributed by atoms with van der Waals surface area (Å²) >= 11 is 3.35. The number of thiol groups is 1. The van der Waals surface area contributed by atoms with Gasteiger partial charge < -0.3 is 15.1 Å². The van der Waals surface area contributed by atoms with Crippen LogP contribution in [-0.2, 0) is 4.57 Å². The Morgan fingerprint density at radius 3 is 2.54 bits per heavy atom. The summed E-state index contributed by atoms with van der Waals surface area (Å²) in [6.07, 6.45) is 0. The van der Waals surface area contributed by atoms with Crippen molar-refractivity contribution in [2.45, 2.75) is 0 Å². The molecule has 1 aliphatic heterocycles. The molecule has 3 N–H and O–H groups in total. The third-order valence-corrected chi connectivity index (χ3v) is 2.43. The molecular weight excluding hydrogens is 213 g/mol. The molecule has 1 saturated heterocycles. The van der Waals surface area contributed by atoms with E-state index >= 15 is 0 Å². The van der Waals surface area contributed by atoms with E-state index in [-0.39, 0.29) is 0 Å². The van der Waals surface area contributed by atoms with Crippen LogP contribution >= 0.6 is 19.0 Å². The van der Waals surface area contributed by atoms with E-state index in [2.05, 4.69) is 17.6 Å². The summed E-state index contributed by atoms with van der Waals surface area (Å²) in [4.78, 5) is 21.5. The van der Waals surface area contributed by atoms with Crippen LogP contribution in [-0.4, -0.2) is 42.0 Å². The van der Waals surface area contributed by atoms with Crippen molar-refractivity contribution >= 4 is 25.0 Å². The first-order chi connectivity index (χ1) is 5.99. The van der Waals surface area contributed by atoms with Gasteiger partial charge in [-0.15, -0.1) is 0 Å². The van der Waals surface area contributed by atoms with Gasteiger partial charge in [0.15, 0.2) is 0 Å². The Morgan fingerprint density at radius 2 is 2.08 bits per heavy atom. The maximum Gasteiger partial charge on any atom is 0.349 e. The molecule has 0 saturated carbocycles. The Balaban J connectivity index is 2.42. The second-order valence-corrected chi connectivity index (χ2v) is 5.64. The molecule has 1 aliphatic rings. The number of rotatable bonds is 1. The van der Waals surface area contributed by atoms with Crippen LogP contribution in [0.15, 0.2) is 0 Å². The first kappa shape index (κ1) is 10.8. The maximum atomic E-state index is 11.2. The summed E-state index contributed by atoms with van der Waals surface area (Å²) in [6, 6.07) is -0.540. The molecule has 0 bridgehead atoms. The zero-order valence-electron chi connectivity index (χ0n) is 6.93. The molecule has 0 spiro atoms. The molecule has 13 heavy (non-hydrogen) atoms. The van der Waals surface area contributed by atoms with Crippen molar-refractivity contribution in [1.29, 1.82) is 0 Å². The fraction of sp³-hybridized carbons (Fsp3) is 0.800.